The molecular weight excluding hydrogens is 289 g/mol. The van der Waals surface area contributed by atoms with E-state index in [-0.39, 0.29) is 11.2 Å². The molecule has 2 aromatic rings. The molecule has 0 aliphatic heterocycles. The molecule has 0 aliphatic rings. The van der Waals surface area contributed by atoms with Gasteiger partial charge >= 0.3 is 0 Å². The highest BCUT2D eigenvalue weighted by molar-refractivity contribution is 6.29. The summed E-state index contributed by atoms with van der Waals surface area (Å²) in [6.45, 7) is 7.82. The van der Waals surface area contributed by atoms with E-state index in [0.717, 1.165) is 16.8 Å². The highest BCUT2D eigenvalue weighted by Gasteiger charge is 2.22. The number of benzene rings is 1. The van der Waals surface area contributed by atoms with Gasteiger partial charge in [0.15, 0.2) is 0 Å². The third kappa shape index (κ3) is 3.18. The molecule has 0 spiro atoms. The Hall–Kier alpha value is -1.61. The molecule has 0 N–H and O–H groups in total. The average Bonchev–Trinajstić information content (AvgIpc) is 2.37. The van der Waals surface area contributed by atoms with Gasteiger partial charge in [-0.05, 0) is 36.1 Å². The van der Waals surface area contributed by atoms with Crippen LogP contribution >= 0.6 is 11.6 Å². The lowest BCUT2D eigenvalue weighted by Crippen LogP contribution is -2.14. The topological polar surface area (TPSA) is 22.1 Å². The molecule has 2 nitrogen and oxygen atoms in total. The van der Waals surface area contributed by atoms with Gasteiger partial charge in [-0.3, -0.25) is 0 Å². The number of ether oxygens (including phenoxy) is 1. The maximum atomic E-state index is 14.3. The van der Waals surface area contributed by atoms with Gasteiger partial charge in [0.05, 0.1) is 7.11 Å². The molecule has 4 heteroatoms. The smallest absolute Gasteiger partial charge is 0.130 e. The second-order valence-electron chi connectivity index (χ2n) is 6.05. The zero-order chi connectivity index (χ0) is 15.8. The first-order valence-corrected chi connectivity index (χ1v) is 7.13. The van der Waals surface area contributed by atoms with Gasteiger partial charge < -0.3 is 4.74 Å². The van der Waals surface area contributed by atoms with E-state index in [1.54, 1.807) is 6.07 Å². The Morgan fingerprint density at radius 1 is 1.14 bits per heavy atom. The fourth-order valence-electron chi connectivity index (χ4n) is 2.32. The summed E-state index contributed by atoms with van der Waals surface area (Å²) < 4.78 is 19.6. The van der Waals surface area contributed by atoms with E-state index in [0.29, 0.717) is 16.5 Å². The molecule has 0 aliphatic carbocycles. The van der Waals surface area contributed by atoms with Gasteiger partial charge in [0.25, 0.3) is 0 Å². The molecule has 1 heterocycles. The molecule has 0 amide bonds. The lowest BCUT2D eigenvalue weighted by molar-refractivity contribution is 0.410. The molecule has 21 heavy (non-hydrogen) atoms. The maximum Gasteiger partial charge on any atom is 0.130 e. The Morgan fingerprint density at radius 3 is 2.33 bits per heavy atom. The van der Waals surface area contributed by atoms with Crippen LogP contribution in [0, 0.1) is 12.7 Å². The fraction of sp³-hybridized carbons (Fsp3) is 0.353. The summed E-state index contributed by atoms with van der Waals surface area (Å²) in [5.74, 6) is 0.232. The van der Waals surface area contributed by atoms with Crippen LogP contribution in [-0.2, 0) is 5.41 Å². The summed E-state index contributed by atoms with van der Waals surface area (Å²) in [7, 11) is 1.54. The van der Waals surface area contributed by atoms with Gasteiger partial charge in [0, 0.05) is 22.9 Å². The maximum absolute atomic E-state index is 14.3. The monoisotopic (exact) mass is 307 g/mol. The molecule has 0 fully saturated rings. The standard InChI is InChI=1S/C17H19ClFNO/c1-10-11(6-7-16(18)20-10)12-8-13(17(2,3)4)14(19)9-15(12)21-5/h6-9H,1-5H3. The molecule has 0 saturated carbocycles. The molecule has 1 aromatic carbocycles. The fourth-order valence-corrected chi connectivity index (χ4v) is 2.51. The van der Waals surface area contributed by atoms with Crippen molar-refractivity contribution in [1.82, 2.24) is 4.98 Å². The molecule has 0 saturated heterocycles. The number of nitrogens with zero attached hydrogens (tertiary/aromatic N) is 1. The normalized spacial score (nSPS) is 11.6. The van der Waals surface area contributed by atoms with Crippen LogP contribution in [0.5, 0.6) is 5.75 Å². The van der Waals surface area contributed by atoms with Gasteiger partial charge in [-0.25, -0.2) is 9.37 Å². The summed E-state index contributed by atoms with van der Waals surface area (Å²) in [5.41, 5.74) is 2.85. The number of pyridine rings is 1. The van der Waals surface area contributed by atoms with Crippen molar-refractivity contribution in [3.8, 4) is 16.9 Å². The second kappa shape index (κ2) is 5.64. The zero-order valence-electron chi connectivity index (χ0n) is 12.9. The highest BCUT2D eigenvalue weighted by Crippen LogP contribution is 2.37. The van der Waals surface area contributed by atoms with Crippen LogP contribution in [0.25, 0.3) is 11.1 Å². The minimum absolute atomic E-state index is 0.261. The minimum Gasteiger partial charge on any atom is -0.496 e. The van der Waals surface area contributed by atoms with Crippen molar-refractivity contribution in [1.29, 1.82) is 0 Å². The third-order valence-corrected chi connectivity index (χ3v) is 3.65. The highest BCUT2D eigenvalue weighted by atomic mass is 35.5. The average molecular weight is 308 g/mol. The quantitative estimate of drug-likeness (QED) is 0.715. The molecule has 0 bridgehead atoms. The first-order chi connectivity index (χ1) is 9.74. The first-order valence-electron chi connectivity index (χ1n) is 6.75. The molecular formula is C17H19ClFNO. The van der Waals surface area contributed by atoms with E-state index in [2.05, 4.69) is 4.98 Å². The number of aryl methyl sites for hydroxylation is 1. The van der Waals surface area contributed by atoms with Crippen LogP contribution < -0.4 is 4.74 Å². The SMILES string of the molecule is COc1cc(F)c(C(C)(C)C)cc1-c1ccc(Cl)nc1C. The van der Waals surface area contributed by atoms with Crippen molar-refractivity contribution < 1.29 is 9.13 Å². The Kier molecular flexibility index (Phi) is 4.24. The van der Waals surface area contributed by atoms with E-state index in [1.165, 1.54) is 13.2 Å². The predicted octanol–water partition coefficient (Wildman–Crippen LogP) is 5.16. The summed E-state index contributed by atoms with van der Waals surface area (Å²) in [5, 5.41) is 0.438. The van der Waals surface area contributed by atoms with Crippen molar-refractivity contribution >= 4 is 11.6 Å². The zero-order valence-corrected chi connectivity index (χ0v) is 13.7. The molecule has 2 rings (SSSR count). The van der Waals surface area contributed by atoms with Crippen molar-refractivity contribution in [2.24, 2.45) is 0 Å². The molecule has 0 atom stereocenters. The van der Waals surface area contributed by atoms with Crippen molar-refractivity contribution in [3.05, 3.63) is 46.5 Å². The summed E-state index contributed by atoms with van der Waals surface area (Å²) in [4.78, 5) is 4.26. The number of methoxy groups -OCH3 is 1. The van der Waals surface area contributed by atoms with Gasteiger partial charge in [-0.1, -0.05) is 32.4 Å². The van der Waals surface area contributed by atoms with E-state index < -0.39 is 0 Å². The van der Waals surface area contributed by atoms with Crippen LogP contribution in [0.3, 0.4) is 0 Å². The molecule has 112 valence electrons. The van der Waals surface area contributed by atoms with Crippen molar-refractivity contribution in [3.63, 3.8) is 0 Å². The van der Waals surface area contributed by atoms with Crippen LogP contribution in [0.15, 0.2) is 24.3 Å². The minimum atomic E-state index is -0.293. The first kappa shape index (κ1) is 15.8. The number of rotatable bonds is 2. The number of aromatic nitrogens is 1. The van der Waals surface area contributed by atoms with E-state index >= 15 is 0 Å². The van der Waals surface area contributed by atoms with Gasteiger partial charge in [-0.2, -0.15) is 0 Å². The Balaban J connectivity index is 2.72. The third-order valence-electron chi connectivity index (χ3n) is 3.44. The van der Waals surface area contributed by atoms with Crippen LogP contribution in [0.2, 0.25) is 5.15 Å². The largest absolute Gasteiger partial charge is 0.496 e. The summed E-state index contributed by atoms with van der Waals surface area (Å²) >= 11 is 5.90. The summed E-state index contributed by atoms with van der Waals surface area (Å²) in [6.07, 6.45) is 0. The van der Waals surface area contributed by atoms with Gasteiger partial charge in [0.2, 0.25) is 0 Å². The second-order valence-corrected chi connectivity index (χ2v) is 6.44. The van der Waals surface area contributed by atoms with Crippen molar-refractivity contribution in [2.75, 3.05) is 7.11 Å². The van der Waals surface area contributed by atoms with Gasteiger partial charge in [0.1, 0.15) is 16.7 Å². The van der Waals surface area contributed by atoms with Crippen molar-refractivity contribution in [2.45, 2.75) is 33.1 Å². The van der Waals surface area contributed by atoms with Gasteiger partial charge in [-0.15, -0.1) is 0 Å². The van der Waals surface area contributed by atoms with Crippen LogP contribution in [0.1, 0.15) is 32.0 Å². The molecule has 0 unspecified atom stereocenters. The van der Waals surface area contributed by atoms with Crippen LogP contribution in [0.4, 0.5) is 4.39 Å². The number of hydrogen-bond acceptors (Lipinski definition) is 2. The summed E-state index contributed by atoms with van der Waals surface area (Å²) in [6, 6.07) is 6.88. The Morgan fingerprint density at radius 2 is 1.81 bits per heavy atom. The van der Waals surface area contributed by atoms with E-state index in [9.17, 15) is 4.39 Å². The van der Waals surface area contributed by atoms with E-state index in [4.69, 9.17) is 16.3 Å². The number of halogens is 2. The van der Waals surface area contributed by atoms with Crippen LogP contribution in [-0.4, -0.2) is 12.1 Å². The Labute approximate surface area is 129 Å². The molecule has 0 radical (unpaired) electrons. The Bertz CT molecular complexity index is 677. The lowest BCUT2D eigenvalue weighted by Gasteiger charge is -2.22. The predicted molar refractivity (Wildman–Crippen MR) is 84.6 cm³/mol. The number of hydrogen-bond donors (Lipinski definition) is 0. The lowest BCUT2D eigenvalue weighted by atomic mass is 9.84. The van der Waals surface area contributed by atoms with E-state index in [1.807, 2.05) is 39.8 Å². The molecule has 1 aromatic heterocycles.